The Bertz CT molecular complexity index is 1320. The minimum Gasteiger partial charge on any atom is -0.462 e. The van der Waals surface area contributed by atoms with Gasteiger partial charge in [0.2, 0.25) is 0 Å². The number of carbonyl (C=O) groups is 3. The first-order valence-electron chi connectivity index (χ1n) is 28.6. The third kappa shape index (κ3) is 53.5. The summed E-state index contributed by atoms with van der Waals surface area (Å²) in [6.07, 6.45) is 72.8. The van der Waals surface area contributed by atoms with Crippen molar-refractivity contribution < 1.29 is 28.6 Å². The maximum atomic E-state index is 12.8. The van der Waals surface area contributed by atoms with Crippen LogP contribution in [0, 0.1) is 0 Å². The molecule has 0 fully saturated rings. The van der Waals surface area contributed by atoms with Gasteiger partial charge in [-0.15, -0.1) is 0 Å². The second kappa shape index (κ2) is 56.2. The van der Waals surface area contributed by atoms with E-state index in [2.05, 4.69) is 106 Å². The van der Waals surface area contributed by atoms with Gasteiger partial charge in [0.15, 0.2) is 6.10 Å². The van der Waals surface area contributed by atoms with Gasteiger partial charge in [0.25, 0.3) is 0 Å². The van der Waals surface area contributed by atoms with Crippen LogP contribution in [0.15, 0.2) is 85.1 Å². The zero-order valence-corrected chi connectivity index (χ0v) is 44.6. The molecule has 0 aromatic rings. The number of carbonyl (C=O) groups excluding carboxylic acids is 3. The Morgan fingerprint density at radius 1 is 0.309 bits per heavy atom. The van der Waals surface area contributed by atoms with Crippen LogP contribution in [0.5, 0.6) is 0 Å². The zero-order valence-electron chi connectivity index (χ0n) is 44.6. The number of hydrogen-bond donors (Lipinski definition) is 0. The van der Waals surface area contributed by atoms with Crippen molar-refractivity contribution in [2.45, 2.75) is 277 Å². The Balaban J connectivity index is 4.36. The molecule has 0 rings (SSSR count). The standard InChI is InChI=1S/C62H106O6/c1-4-7-10-13-16-19-22-25-27-29-30-31-32-34-35-37-40-43-46-49-52-55-61(64)67-58-59(57-66-60(63)54-51-48-45-42-39-24-21-18-15-12-9-6-3)68-62(65)56-53-50-47-44-41-38-36-33-28-26-23-20-17-14-11-8-5-2/h7-8,10-11,16-17,19-20,25-28,30-31,59H,4-6,9,12-15,18,21-24,29,32-58H2,1-3H3/b10-7-,11-8-,19-16-,20-17-,27-25-,28-26-,31-30-. The topological polar surface area (TPSA) is 78.9 Å². The fourth-order valence-corrected chi connectivity index (χ4v) is 7.92. The second-order valence-corrected chi connectivity index (χ2v) is 18.8. The third-order valence-corrected chi connectivity index (χ3v) is 12.1. The van der Waals surface area contributed by atoms with Gasteiger partial charge in [-0.3, -0.25) is 14.4 Å². The highest BCUT2D eigenvalue weighted by atomic mass is 16.6. The Kier molecular flexibility index (Phi) is 53.4. The normalized spacial score (nSPS) is 12.7. The summed E-state index contributed by atoms with van der Waals surface area (Å²) < 4.78 is 16.9. The molecule has 0 N–H and O–H groups in total. The lowest BCUT2D eigenvalue weighted by molar-refractivity contribution is -0.167. The van der Waals surface area contributed by atoms with E-state index in [1.807, 2.05) is 0 Å². The first-order chi connectivity index (χ1) is 33.5. The van der Waals surface area contributed by atoms with Crippen LogP contribution in [-0.4, -0.2) is 37.2 Å². The molecule has 0 aliphatic carbocycles. The molecule has 0 aliphatic rings. The predicted molar refractivity (Wildman–Crippen MR) is 293 cm³/mol. The molecule has 68 heavy (non-hydrogen) atoms. The molecule has 0 aromatic carbocycles. The number of unbranched alkanes of at least 4 members (excludes halogenated alkanes) is 26. The molecule has 0 saturated carbocycles. The van der Waals surface area contributed by atoms with Gasteiger partial charge in [0.1, 0.15) is 13.2 Å². The van der Waals surface area contributed by atoms with Gasteiger partial charge in [-0.2, -0.15) is 0 Å². The fraction of sp³-hybridized carbons (Fsp3) is 0.726. The Morgan fingerprint density at radius 2 is 0.574 bits per heavy atom. The van der Waals surface area contributed by atoms with E-state index in [1.54, 1.807) is 0 Å². The van der Waals surface area contributed by atoms with Gasteiger partial charge < -0.3 is 14.2 Å². The summed E-state index contributed by atoms with van der Waals surface area (Å²) >= 11 is 0. The lowest BCUT2D eigenvalue weighted by Gasteiger charge is -2.18. The van der Waals surface area contributed by atoms with Crippen LogP contribution in [-0.2, 0) is 28.6 Å². The van der Waals surface area contributed by atoms with Gasteiger partial charge >= 0.3 is 17.9 Å². The summed E-state index contributed by atoms with van der Waals surface area (Å²) in [5.41, 5.74) is 0. The molecule has 1 unspecified atom stereocenters. The van der Waals surface area contributed by atoms with Crippen LogP contribution < -0.4 is 0 Å². The van der Waals surface area contributed by atoms with Crippen molar-refractivity contribution >= 4 is 17.9 Å². The van der Waals surface area contributed by atoms with Gasteiger partial charge in [0.05, 0.1) is 0 Å². The fourth-order valence-electron chi connectivity index (χ4n) is 7.92. The lowest BCUT2D eigenvalue weighted by Crippen LogP contribution is -2.30. The first kappa shape index (κ1) is 64.6. The molecule has 6 heteroatoms. The van der Waals surface area contributed by atoms with Crippen LogP contribution in [0.4, 0.5) is 0 Å². The summed E-state index contributed by atoms with van der Waals surface area (Å²) in [7, 11) is 0. The Labute approximate surface area is 420 Å². The van der Waals surface area contributed by atoms with E-state index >= 15 is 0 Å². The third-order valence-electron chi connectivity index (χ3n) is 12.1. The maximum absolute atomic E-state index is 12.8. The van der Waals surface area contributed by atoms with Gasteiger partial charge in [-0.05, 0) is 89.9 Å². The average molecular weight is 948 g/mol. The Morgan fingerprint density at radius 3 is 0.897 bits per heavy atom. The highest BCUT2D eigenvalue weighted by molar-refractivity contribution is 5.71. The molecule has 0 spiro atoms. The molecule has 0 aliphatic heterocycles. The SMILES string of the molecule is CC/C=C\C/C=C\C/C=C\C/C=C\CCCCCCCCCCC(=O)OCC(COC(=O)CCCCCCCCCCCCCC)OC(=O)CCCCCCCCC/C=C\C/C=C\C/C=C\CC. The summed E-state index contributed by atoms with van der Waals surface area (Å²) in [4.78, 5) is 38.1. The molecule has 1 atom stereocenters. The van der Waals surface area contributed by atoms with E-state index in [9.17, 15) is 14.4 Å². The quantitative estimate of drug-likeness (QED) is 0.0262. The lowest BCUT2D eigenvalue weighted by atomic mass is 10.0. The summed E-state index contributed by atoms with van der Waals surface area (Å²) in [6.45, 7) is 6.41. The predicted octanol–water partition coefficient (Wildman–Crippen LogP) is 19.2. The summed E-state index contributed by atoms with van der Waals surface area (Å²) in [5.74, 6) is -0.893. The van der Waals surface area contributed by atoms with Crippen molar-refractivity contribution in [3.63, 3.8) is 0 Å². The number of hydrogen-bond acceptors (Lipinski definition) is 6. The number of esters is 3. The minimum atomic E-state index is -0.784. The maximum Gasteiger partial charge on any atom is 0.306 e. The molecule has 0 aromatic heterocycles. The first-order valence-corrected chi connectivity index (χ1v) is 28.6. The van der Waals surface area contributed by atoms with Crippen molar-refractivity contribution in [2.24, 2.45) is 0 Å². The second-order valence-electron chi connectivity index (χ2n) is 18.8. The van der Waals surface area contributed by atoms with E-state index < -0.39 is 6.10 Å². The molecule has 0 amide bonds. The largest absolute Gasteiger partial charge is 0.462 e. The van der Waals surface area contributed by atoms with Gasteiger partial charge in [-0.1, -0.05) is 247 Å². The zero-order chi connectivity index (χ0) is 49.3. The smallest absolute Gasteiger partial charge is 0.306 e. The molecule has 390 valence electrons. The van der Waals surface area contributed by atoms with E-state index in [1.165, 1.54) is 116 Å². The highest BCUT2D eigenvalue weighted by Gasteiger charge is 2.19. The van der Waals surface area contributed by atoms with Crippen LogP contribution in [0.3, 0.4) is 0 Å². The van der Waals surface area contributed by atoms with Crippen molar-refractivity contribution in [1.29, 1.82) is 0 Å². The van der Waals surface area contributed by atoms with Crippen LogP contribution in [0.25, 0.3) is 0 Å². The molecule has 0 saturated heterocycles. The van der Waals surface area contributed by atoms with Gasteiger partial charge in [0, 0.05) is 19.3 Å². The molecule has 0 bridgehead atoms. The monoisotopic (exact) mass is 947 g/mol. The van der Waals surface area contributed by atoms with E-state index in [4.69, 9.17) is 14.2 Å². The van der Waals surface area contributed by atoms with Crippen molar-refractivity contribution in [3.8, 4) is 0 Å². The molecular formula is C62H106O6. The van der Waals surface area contributed by atoms with Gasteiger partial charge in [-0.25, -0.2) is 0 Å². The number of allylic oxidation sites excluding steroid dienone is 14. The Hall–Kier alpha value is -3.41. The number of ether oxygens (including phenoxy) is 3. The highest BCUT2D eigenvalue weighted by Crippen LogP contribution is 2.15. The van der Waals surface area contributed by atoms with Crippen LogP contribution in [0.2, 0.25) is 0 Å². The van der Waals surface area contributed by atoms with E-state index in [-0.39, 0.29) is 31.1 Å². The van der Waals surface area contributed by atoms with Crippen molar-refractivity contribution in [1.82, 2.24) is 0 Å². The van der Waals surface area contributed by atoms with Crippen LogP contribution >= 0.6 is 0 Å². The molecule has 0 heterocycles. The van der Waals surface area contributed by atoms with E-state index in [0.29, 0.717) is 19.3 Å². The molecule has 6 nitrogen and oxygen atoms in total. The molecule has 0 radical (unpaired) electrons. The number of rotatable bonds is 51. The van der Waals surface area contributed by atoms with Crippen molar-refractivity contribution in [2.75, 3.05) is 13.2 Å². The summed E-state index contributed by atoms with van der Waals surface area (Å²) in [6, 6.07) is 0. The molecular weight excluding hydrogens is 841 g/mol. The minimum absolute atomic E-state index is 0.0813. The average Bonchev–Trinajstić information content (AvgIpc) is 3.34. The van der Waals surface area contributed by atoms with E-state index in [0.717, 1.165) is 116 Å². The summed E-state index contributed by atoms with van der Waals surface area (Å²) in [5, 5.41) is 0. The van der Waals surface area contributed by atoms with Crippen molar-refractivity contribution in [3.05, 3.63) is 85.1 Å². The van der Waals surface area contributed by atoms with Crippen LogP contribution in [0.1, 0.15) is 271 Å².